The molecule has 0 bridgehead atoms. The van der Waals surface area contributed by atoms with Crippen LogP contribution in [0.3, 0.4) is 0 Å². The highest BCUT2D eigenvalue weighted by atomic mass is 16.5. The van der Waals surface area contributed by atoms with Gasteiger partial charge in [-0.15, -0.1) is 0 Å². The fourth-order valence-electron chi connectivity index (χ4n) is 3.12. The summed E-state index contributed by atoms with van der Waals surface area (Å²) in [5.74, 6) is 0.637. The van der Waals surface area contributed by atoms with Crippen molar-refractivity contribution in [3.8, 4) is 5.75 Å². The topological polar surface area (TPSA) is 53.9 Å². The van der Waals surface area contributed by atoms with E-state index in [1.165, 1.54) is 18.5 Å². The van der Waals surface area contributed by atoms with Gasteiger partial charge in [0.1, 0.15) is 5.75 Å². The number of rotatable bonds is 6. The molecule has 0 atom stereocenters. The molecule has 0 unspecified atom stereocenters. The summed E-state index contributed by atoms with van der Waals surface area (Å²) < 4.78 is 5.11. The van der Waals surface area contributed by atoms with Gasteiger partial charge in [0.05, 0.1) is 19.7 Å². The van der Waals surface area contributed by atoms with Crippen LogP contribution in [0.5, 0.6) is 5.75 Å². The van der Waals surface area contributed by atoms with Crippen molar-refractivity contribution >= 4 is 17.8 Å². The number of anilines is 1. The monoisotopic (exact) mass is 351 g/mol. The van der Waals surface area contributed by atoms with Gasteiger partial charge in [0, 0.05) is 18.8 Å². The lowest BCUT2D eigenvalue weighted by Crippen LogP contribution is -2.20. The SMILES string of the molecule is COc1ccc(CC(=O)N/N=C/c2ccc(N3CCCC3)cc2C)cc1. The van der Waals surface area contributed by atoms with Crippen molar-refractivity contribution in [3.05, 3.63) is 59.2 Å². The number of hydrazone groups is 1. The Morgan fingerprint density at radius 3 is 2.58 bits per heavy atom. The molecular weight excluding hydrogens is 326 g/mol. The molecule has 26 heavy (non-hydrogen) atoms. The van der Waals surface area contributed by atoms with Crippen LogP contribution in [0.2, 0.25) is 0 Å². The second-order valence-corrected chi connectivity index (χ2v) is 6.55. The van der Waals surface area contributed by atoms with Crippen LogP contribution < -0.4 is 15.1 Å². The molecule has 1 N–H and O–H groups in total. The van der Waals surface area contributed by atoms with Crippen molar-refractivity contribution in [2.45, 2.75) is 26.2 Å². The van der Waals surface area contributed by atoms with Gasteiger partial charge in [-0.3, -0.25) is 4.79 Å². The van der Waals surface area contributed by atoms with Gasteiger partial charge in [-0.2, -0.15) is 5.10 Å². The summed E-state index contributed by atoms with van der Waals surface area (Å²) in [5.41, 5.74) is 6.95. The molecule has 1 aliphatic rings. The maximum atomic E-state index is 12.0. The van der Waals surface area contributed by atoms with E-state index in [0.717, 1.165) is 35.5 Å². The highest BCUT2D eigenvalue weighted by Gasteiger charge is 2.12. The van der Waals surface area contributed by atoms with E-state index in [9.17, 15) is 4.79 Å². The maximum absolute atomic E-state index is 12.0. The fourth-order valence-corrected chi connectivity index (χ4v) is 3.12. The Bertz CT molecular complexity index is 778. The molecule has 2 aromatic carbocycles. The summed E-state index contributed by atoms with van der Waals surface area (Å²) >= 11 is 0. The van der Waals surface area contributed by atoms with Crippen LogP contribution in [-0.4, -0.2) is 32.3 Å². The first-order valence-electron chi connectivity index (χ1n) is 8.96. The van der Waals surface area contributed by atoms with Crippen molar-refractivity contribution in [2.24, 2.45) is 5.10 Å². The smallest absolute Gasteiger partial charge is 0.244 e. The zero-order valence-electron chi connectivity index (χ0n) is 15.4. The van der Waals surface area contributed by atoms with Gasteiger partial charge in [-0.25, -0.2) is 5.43 Å². The minimum absolute atomic E-state index is 0.141. The first kappa shape index (κ1) is 18.0. The van der Waals surface area contributed by atoms with E-state index < -0.39 is 0 Å². The molecule has 5 nitrogen and oxygen atoms in total. The quantitative estimate of drug-likeness (QED) is 0.642. The number of methoxy groups -OCH3 is 1. The molecule has 1 amide bonds. The number of ether oxygens (including phenoxy) is 1. The molecule has 1 heterocycles. The first-order valence-corrected chi connectivity index (χ1v) is 8.96. The van der Waals surface area contributed by atoms with Crippen LogP contribution >= 0.6 is 0 Å². The van der Waals surface area contributed by atoms with Crippen LogP contribution in [0.25, 0.3) is 0 Å². The molecule has 0 saturated carbocycles. The Hall–Kier alpha value is -2.82. The minimum Gasteiger partial charge on any atom is -0.497 e. The lowest BCUT2D eigenvalue weighted by molar-refractivity contribution is -0.120. The summed E-state index contributed by atoms with van der Waals surface area (Å²) in [7, 11) is 1.62. The van der Waals surface area contributed by atoms with Crippen LogP contribution in [0, 0.1) is 6.92 Å². The average molecular weight is 351 g/mol. The second-order valence-electron chi connectivity index (χ2n) is 6.55. The van der Waals surface area contributed by atoms with Crippen molar-refractivity contribution in [1.29, 1.82) is 0 Å². The van der Waals surface area contributed by atoms with Crippen molar-refractivity contribution in [3.63, 3.8) is 0 Å². The van der Waals surface area contributed by atoms with Gasteiger partial charge < -0.3 is 9.64 Å². The van der Waals surface area contributed by atoms with Gasteiger partial charge in [0.25, 0.3) is 0 Å². The summed E-state index contributed by atoms with van der Waals surface area (Å²) in [4.78, 5) is 14.4. The molecule has 0 radical (unpaired) electrons. The zero-order valence-corrected chi connectivity index (χ0v) is 15.4. The molecule has 2 aromatic rings. The van der Waals surface area contributed by atoms with Gasteiger partial charge in [-0.1, -0.05) is 18.2 Å². The number of hydrogen-bond donors (Lipinski definition) is 1. The lowest BCUT2D eigenvalue weighted by atomic mass is 10.1. The van der Waals surface area contributed by atoms with E-state index in [4.69, 9.17) is 4.74 Å². The number of carbonyl (C=O) groups is 1. The zero-order chi connectivity index (χ0) is 18.4. The van der Waals surface area contributed by atoms with E-state index in [2.05, 4.69) is 40.5 Å². The van der Waals surface area contributed by atoms with E-state index in [1.54, 1.807) is 13.3 Å². The van der Waals surface area contributed by atoms with Crippen molar-refractivity contribution in [2.75, 3.05) is 25.1 Å². The predicted molar refractivity (Wildman–Crippen MR) is 105 cm³/mol. The number of benzene rings is 2. The van der Waals surface area contributed by atoms with E-state index in [0.29, 0.717) is 0 Å². The molecule has 0 aliphatic carbocycles. The third-order valence-corrected chi connectivity index (χ3v) is 4.64. The highest BCUT2D eigenvalue weighted by molar-refractivity contribution is 5.85. The third-order valence-electron chi connectivity index (χ3n) is 4.64. The van der Waals surface area contributed by atoms with Gasteiger partial charge >= 0.3 is 0 Å². The third kappa shape index (κ3) is 4.63. The summed E-state index contributed by atoms with van der Waals surface area (Å²) in [6.45, 7) is 4.34. The molecule has 0 spiro atoms. The molecule has 5 heteroatoms. The Labute approximate surface area is 154 Å². The summed E-state index contributed by atoms with van der Waals surface area (Å²) in [5, 5.41) is 4.10. The van der Waals surface area contributed by atoms with Gasteiger partial charge in [0.15, 0.2) is 0 Å². The standard InChI is InChI=1S/C21H25N3O2/c1-16-13-19(24-11-3-4-12-24)8-7-18(16)15-22-23-21(25)14-17-5-9-20(26-2)10-6-17/h5-10,13,15H,3-4,11-12,14H2,1-2H3,(H,23,25)/b22-15+. The minimum atomic E-state index is -0.141. The Morgan fingerprint density at radius 2 is 1.92 bits per heavy atom. The van der Waals surface area contributed by atoms with Crippen LogP contribution in [0.4, 0.5) is 5.69 Å². The van der Waals surface area contributed by atoms with Crippen LogP contribution in [0.1, 0.15) is 29.5 Å². The average Bonchev–Trinajstić information content (AvgIpc) is 3.18. The van der Waals surface area contributed by atoms with E-state index >= 15 is 0 Å². The lowest BCUT2D eigenvalue weighted by Gasteiger charge is -2.18. The number of nitrogens with zero attached hydrogens (tertiary/aromatic N) is 2. The van der Waals surface area contributed by atoms with Crippen molar-refractivity contribution in [1.82, 2.24) is 5.43 Å². The Balaban J connectivity index is 1.54. The predicted octanol–water partition coefficient (Wildman–Crippen LogP) is 3.30. The molecule has 1 saturated heterocycles. The normalized spacial score (nSPS) is 14.0. The fraction of sp³-hybridized carbons (Fsp3) is 0.333. The highest BCUT2D eigenvalue weighted by Crippen LogP contribution is 2.22. The largest absolute Gasteiger partial charge is 0.497 e. The second kappa shape index (κ2) is 8.52. The Morgan fingerprint density at radius 1 is 1.19 bits per heavy atom. The van der Waals surface area contributed by atoms with E-state index in [-0.39, 0.29) is 12.3 Å². The van der Waals surface area contributed by atoms with Gasteiger partial charge in [0.2, 0.25) is 5.91 Å². The maximum Gasteiger partial charge on any atom is 0.244 e. The number of hydrogen-bond acceptors (Lipinski definition) is 4. The molecule has 1 aliphatic heterocycles. The molecule has 0 aromatic heterocycles. The van der Waals surface area contributed by atoms with Gasteiger partial charge in [-0.05, 0) is 60.7 Å². The first-order chi connectivity index (χ1) is 12.7. The summed E-state index contributed by atoms with van der Waals surface area (Å²) in [6, 6.07) is 13.8. The Kier molecular flexibility index (Phi) is 5.89. The number of amides is 1. The number of carbonyl (C=O) groups excluding carboxylic acids is 1. The molecule has 3 rings (SSSR count). The van der Waals surface area contributed by atoms with Crippen LogP contribution in [-0.2, 0) is 11.2 Å². The van der Waals surface area contributed by atoms with Crippen molar-refractivity contribution < 1.29 is 9.53 Å². The van der Waals surface area contributed by atoms with Crippen LogP contribution in [0.15, 0.2) is 47.6 Å². The molecule has 136 valence electrons. The number of aryl methyl sites for hydroxylation is 1. The molecular formula is C21H25N3O2. The van der Waals surface area contributed by atoms with E-state index in [1.807, 2.05) is 24.3 Å². The summed E-state index contributed by atoms with van der Waals surface area (Å²) in [6.07, 6.45) is 4.52. The number of nitrogens with one attached hydrogen (secondary N) is 1. The molecule has 1 fully saturated rings.